The number of thiazole rings is 1. The fourth-order valence-electron chi connectivity index (χ4n) is 1.84. The zero-order valence-corrected chi connectivity index (χ0v) is 13.7. The molecule has 0 fully saturated rings. The number of nitrogens with zero attached hydrogens (tertiary/aromatic N) is 2. The number of hydrogen-bond donors (Lipinski definition) is 2. The highest BCUT2D eigenvalue weighted by atomic mass is 32.1. The molecule has 116 valence electrons. The van der Waals surface area contributed by atoms with E-state index in [2.05, 4.69) is 15.6 Å². The highest BCUT2D eigenvalue weighted by molar-refractivity contribution is 7.14. The summed E-state index contributed by atoms with van der Waals surface area (Å²) < 4.78 is 0. The van der Waals surface area contributed by atoms with E-state index < -0.39 is 0 Å². The van der Waals surface area contributed by atoms with Crippen molar-refractivity contribution in [3.8, 4) is 0 Å². The molecule has 0 bridgehead atoms. The monoisotopic (exact) mass is 318 g/mol. The summed E-state index contributed by atoms with van der Waals surface area (Å²) in [6, 6.07) is 5.80. The molecule has 6 nitrogen and oxygen atoms in total. The van der Waals surface area contributed by atoms with Gasteiger partial charge in [0.2, 0.25) is 5.91 Å². The molecule has 1 aromatic carbocycles. The van der Waals surface area contributed by atoms with Gasteiger partial charge in [0.1, 0.15) is 5.69 Å². The number of amides is 2. The standard InChI is InChI=1S/C15H18N4O2S/c1-9-7-11(19(3)4)5-6-12(9)17-14(21)13-8-22-15(18-13)16-10(2)20/h5-8H,1-4H3,(H,17,21)(H,16,18,20). The molecule has 0 saturated carbocycles. The Labute approximate surface area is 133 Å². The van der Waals surface area contributed by atoms with Crippen LogP contribution in [0.5, 0.6) is 0 Å². The summed E-state index contributed by atoms with van der Waals surface area (Å²) in [5.41, 5.74) is 3.06. The predicted octanol–water partition coefficient (Wildman–Crippen LogP) is 2.73. The molecule has 0 saturated heterocycles. The van der Waals surface area contributed by atoms with Crippen molar-refractivity contribution in [2.75, 3.05) is 29.6 Å². The Kier molecular flexibility index (Phi) is 4.77. The first kappa shape index (κ1) is 16.0. The van der Waals surface area contributed by atoms with Gasteiger partial charge >= 0.3 is 0 Å². The summed E-state index contributed by atoms with van der Waals surface area (Å²) in [6.45, 7) is 3.34. The highest BCUT2D eigenvalue weighted by Crippen LogP contribution is 2.22. The van der Waals surface area contributed by atoms with Crippen LogP contribution in [0.25, 0.3) is 0 Å². The number of aryl methyl sites for hydroxylation is 1. The molecule has 0 aliphatic rings. The minimum atomic E-state index is -0.298. The van der Waals surface area contributed by atoms with E-state index in [-0.39, 0.29) is 17.5 Å². The van der Waals surface area contributed by atoms with Crippen molar-refractivity contribution in [3.63, 3.8) is 0 Å². The second kappa shape index (κ2) is 6.57. The van der Waals surface area contributed by atoms with E-state index in [1.54, 1.807) is 5.38 Å². The maximum Gasteiger partial charge on any atom is 0.275 e. The molecule has 22 heavy (non-hydrogen) atoms. The van der Waals surface area contributed by atoms with Crippen LogP contribution in [0.15, 0.2) is 23.6 Å². The maximum absolute atomic E-state index is 12.2. The Hall–Kier alpha value is -2.41. The number of nitrogens with one attached hydrogen (secondary N) is 2. The predicted molar refractivity (Wildman–Crippen MR) is 89.9 cm³/mol. The van der Waals surface area contributed by atoms with Crippen molar-refractivity contribution in [3.05, 3.63) is 34.8 Å². The molecule has 0 radical (unpaired) electrons. The van der Waals surface area contributed by atoms with Gasteiger partial charge in [-0.05, 0) is 30.7 Å². The average Bonchev–Trinajstić information content (AvgIpc) is 2.88. The third-order valence-electron chi connectivity index (χ3n) is 2.99. The third kappa shape index (κ3) is 3.82. The molecule has 0 aliphatic carbocycles. The van der Waals surface area contributed by atoms with Crippen molar-refractivity contribution < 1.29 is 9.59 Å². The molecular formula is C15H18N4O2S. The fourth-order valence-corrected chi connectivity index (χ4v) is 2.58. The average molecular weight is 318 g/mol. The third-order valence-corrected chi connectivity index (χ3v) is 3.75. The van der Waals surface area contributed by atoms with Crippen molar-refractivity contribution in [1.82, 2.24) is 4.98 Å². The first-order chi connectivity index (χ1) is 10.4. The Morgan fingerprint density at radius 1 is 1.23 bits per heavy atom. The molecular weight excluding hydrogens is 300 g/mol. The maximum atomic E-state index is 12.2. The first-order valence-electron chi connectivity index (χ1n) is 6.69. The van der Waals surface area contributed by atoms with E-state index in [1.807, 2.05) is 44.1 Å². The Bertz CT molecular complexity index is 709. The number of benzene rings is 1. The van der Waals surface area contributed by atoms with Crippen molar-refractivity contribution in [2.24, 2.45) is 0 Å². The van der Waals surface area contributed by atoms with Gasteiger partial charge in [-0.1, -0.05) is 0 Å². The van der Waals surface area contributed by atoms with Crippen molar-refractivity contribution in [1.29, 1.82) is 0 Å². The van der Waals surface area contributed by atoms with Crippen LogP contribution in [-0.4, -0.2) is 30.9 Å². The SMILES string of the molecule is CC(=O)Nc1nc(C(=O)Nc2ccc(N(C)C)cc2C)cs1. The zero-order valence-electron chi connectivity index (χ0n) is 12.9. The zero-order chi connectivity index (χ0) is 16.3. The summed E-state index contributed by atoms with van der Waals surface area (Å²) in [7, 11) is 3.93. The van der Waals surface area contributed by atoms with Gasteiger partial charge in [0.05, 0.1) is 0 Å². The molecule has 2 rings (SSSR count). The highest BCUT2D eigenvalue weighted by Gasteiger charge is 2.13. The van der Waals surface area contributed by atoms with E-state index >= 15 is 0 Å². The number of anilines is 3. The smallest absolute Gasteiger partial charge is 0.275 e. The second-order valence-electron chi connectivity index (χ2n) is 5.07. The van der Waals surface area contributed by atoms with Gasteiger partial charge in [-0.2, -0.15) is 0 Å². The summed E-state index contributed by atoms with van der Waals surface area (Å²) in [6.07, 6.45) is 0. The fraction of sp³-hybridized carbons (Fsp3) is 0.267. The van der Waals surface area contributed by atoms with E-state index in [1.165, 1.54) is 18.3 Å². The lowest BCUT2D eigenvalue weighted by Crippen LogP contribution is -2.14. The molecule has 2 aromatic rings. The van der Waals surface area contributed by atoms with Crippen LogP contribution in [0, 0.1) is 6.92 Å². The molecule has 1 aromatic heterocycles. The number of aromatic nitrogens is 1. The molecule has 0 unspecified atom stereocenters. The van der Waals surface area contributed by atoms with Crippen LogP contribution in [0.1, 0.15) is 23.0 Å². The van der Waals surface area contributed by atoms with Crippen LogP contribution < -0.4 is 15.5 Å². The first-order valence-corrected chi connectivity index (χ1v) is 7.57. The lowest BCUT2D eigenvalue weighted by atomic mass is 10.1. The molecule has 1 heterocycles. The van der Waals surface area contributed by atoms with Crippen molar-refractivity contribution >= 4 is 39.7 Å². The Morgan fingerprint density at radius 3 is 2.55 bits per heavy atom. The van der Waals surface area contributed by atoms with Gasteiger partial charge in [-0.15, -0.1) is 11.3 Å². The van der Waals surface area contributed by atoms with Gasteiger partial charge in [0.25, 0.3) is 5.91 Å². The Morgan fingerprint density at radius 2 is 1.95 bits per heavy atom. The lowest BCUT2D eigenvalue weighted by molar-refractivity contribution is -0.114. The molecule has 0 aliphatic heterocycles. The number of carbonyl (C=O) groups is 2. The summed E-state index contributed by atoms with van der Waals surface area (Å²) in [5, 5.41) is 7.42. The quantitative estimate of drug-likeness (QED) is 0.909. The van der Waals surface area contributed by atoms with E-state index in [4.69, 9.17) is 0 Å². The second-order valence-corrected chi connectivity index (χ2v) is 5.92. The Balaban J connectivity index is 2.11. The van der Waals surface area contributed by atoms with Crippen LogP contribution in [0.3, 0.4) is 0 Å². The van der Waals surface area contributed by atoms with Gasteiger partial charge in [0.15, 0.2) is 5.13 Å². The van der Waals surface area contributed by atoms with Gasteiger partial charge < -0.3 is 15.5 Å². The minimum Gasteiger partial charge on any atom is -0.378 e. The van der Waals surface area contributed by atoms with Crippen LogP contribution in [-0.2, 0) is 4.79 Å². The van der Waals surface area contributed by atoms with E-state index in [0.717, 1.165) is 16.9 Å². The molecule has 0 atom stereocenters. The molecule has 2 amide bonds. The minimum absolute atomic E-state index is 0.212. The van der Waals surface area contributed by atoms with Gasteiger partial charge in [-0.3, -0.25) is 9.59 Å². The summed E-state index contributed by atoms with van der Waals surface area (Å²) in [5.74, 6) is -0.509. The van der Waals surface area contributed by atoms with Crippen LogP contribution in [0.4, 0.5) is 16.5 Å². The number of carbonyl (C=O) groups excluding carboxylic acids is 2. The molecule has 7 heteroatoms. The number of rotatable bonds is 4. The largest absolute Gasteiger partial charge is 0.378 e. The van der Waals surface area contributed by atoms with E-state index in [9.17, 15) is 9.59 Å². The number of hydrogen-bond acceptors (Lipinski definition) is 5. The van der Waals surface area contributed by atoms with Gasteiger partial charge in [-0.25, -0.2) is 4.98 Å². The van der Waals surface area contributed by atoms with Crippen LogP contribution >= 0.6 is 11.3 Å². The normalized spacial score (nSPS) is 10.2. The van der Waals surface area contributed by atoms with Crippen molar-refractivity contribution in [2.45, 2.75) is 13.8 Å². The summed E-state index contributed by atoms with van der Waals surface area (Å²) >= 11 is 1.22. The topological polar surface area (TPSA) is 74.3 Å². The molecule has 2 N–H and O–H groups in total. The summed E-state index contributed by atoms with van der Waals surface area (Å²) in [4.78, 5) is 29.2. The van der Waals surface area contributed by atoms with Gasteiger partial charge in [0, 0.05) is 37.8 Å². The van der Waals surface area contributed by atoms with E-state index in [0.29, 0.717) is 5.13 Å². The van der Waals surface area contributed by atoms with Crippen LogP contribution in [0.2, 0.25) is 0 Å². The lowest BCUT2D eigenvalue weighted by Gasteiger charge is -2.15. The molecule has 0 spiro atoms.